The maximum atomic E-state index is 10.9. The van der Waals surface area contributed by atoms with Crippen LogP contribution < -0.4 is 0 Å². The van der Waals surface area contributed by atoms with Crippen LogP contribution in [0.1, 0.15) is 25.7 Å². The number of aliphatic hydroxyl groups is 1. The summed E-state index contributed by atoms with van der Waals surface area (Å²) in [5, 5.41) is 8.57. The Morgan fingerprint density at radius 3 is 2.56 bits per heavy atom. The molecule has 0 unspecified atom stereocenters. The molecule has 0 spiro atoms. The van der Waals surface area contributed by atoms with Gasteiger partial charge in [0.05, 0.1) is 13.2 Å². The molecule has 0 heterocycles. The minimum Gasteiger partial charge on any atom is -0.434 e. The number of hydrogen-bond donors (Lipinski definition) is 1. The summed E-state index contributed by atoms with van der Waals surface area (Å²) in [4.78, 5) is 10.9. The van der Waals surface area contributed by atoms with Gasteiger partial charge in [-0.1, -0.05) is 47.1 Å². The number of carbonyl (C=O) groups excluding carboxylic acids is 1. The highest BCUT2D eigenvalue weighted by atomic mass is 33.1. The Labute approximate surface area is 117 Å². The third-order valence-corrected chi connectivity index (χ3v) is 4.39. The molecule has 0 fully saturated rings. The highest BCUT2D eigenvalue weighted by Gasteiger charge is 2.01. The van der Waals surface area contributed by atoms with Gasteiger partial charge in [-0.2, -0.15) is 0 Å². The van der Waals surface area contributed by atoms with Gasteiger partial charge in [-0.3, -0.25) is 0 Å². The zero-order valence-electron chi connectivity index (χ0n) is 10.6. The standard InChI is InChI=1S/C12H22O4S2/c1-2-8-15-12(14)16-9-5-3-4-6-10-17-18-11-7-13/h2,13H,1,3-11H2. The molecule has 0 aliphatic carbocycles. The predicted molar refractivity (Wildman–Crippen MR) is 78.0 cm³/mol. The van der Waals surface area contributed by atoms with E-state index < -0.39 is 6.16 Å². The molecule has 106 valence electrons. The van der Waals surface area contributed by atoms with Crippen molar-refractivity contribution >= 4 is 27.7 Å². The molecule has 6 heteroatoms. The lowest BCUT2D eigenvalue weighted by molar-refractivity contribution is 0.0620. The largest absolute Gasteiger partial charge is 0.508 e. The van der Waals surface area contributed by atoms with Crippen molar-refractivity contribution in [3.63, 3.8) is 0 Å². The Morgan fingerprint density at radius 2 is 1.83 bits per heavy atom. The van der Waals surface area contributed by atoms with E-state index in [0.717, 1.165) is 37.2 Å². The molecule has 18 heavy (non-hydrogen) atoms. The van der Waals surface area contributed by atoms with E-state index in [1.165, 1.54) is 6.08 Å². The summed E-state index contributed by atoms with van der Waals surface area (Å²) >= 11 is 0. The van der Waals surface area contributed by atoms with Gasteiger partial charge in [-0.25, -0.2) is 4.79 Å². The van der Waals surface area contributed by atoms with Gasteiger partial charge in [-0.15, -0.1) is 0 Å². The molecule has 0 atom stereocenters. The summed E-state index contributed by atoms with van der Waals surface area (Å²) in [5.41, 5.74) is 0. The van der Waals surface area contributed by atoms with Crippen molar-refractivity contribution < 1.29 is 19.4 Å². The Balaban J connectivity index is 3.06. The smallest absolute Gasteiger partial charge is 0.434 e. The number of rotatable bonds is 12. The lowest BCUT2D eigenvalue weighted by Gasteiger charge is -2.04. The molecule has 0 saturated carbocycles. The van der Waals surface area contributed by atoms with Crippen LogP contribution in [0, 0.1) is 0 Å². The van der Waals surface area contributed by atoms with E-state index in [0.29, 0.717) is 6.61 Å². The van der Waals surface area contributed by atoms with Gasteiger partial charge in [0, 0.05) is 11.5 Å². The second-order valence-electron chi connectivity index (χ2n) is 3.48. The normalized spacial score (nSPS) is 10.1. The number of carbonyl (C=O) groups is 1. The second-order valence-corrected chi connectivity index (χ2v) is 6.18. The van der Waals surface area contributed by atoms with Gasteiger partial charge < -0.3 is 14.6 Å². The fourth-order valence-corrected chi connectivity index (χ4v) is 3.01. The summed E-state index contributed by atoms with van der Waals surface area (Å²) in [6.45, 7) is 4.30. The van der Waals surface area contributed by atoms with E-state index in [1.807, 2.05) is 0 Å². The monoisotopic (exact) mass is 294 g/mol. The van der Waals surface area contributed by atoms with E-state index in [4.69, 9.17) is 9.84 Å². The fourth-order valence-electron chi connectivity index (χ4n) is 1.10. The molecule has 0 aromatic rings. The van der Waals surface area contributed by atoms with Crippen molar-refractivity contribution in [3.05, 3.63) is 12.7 Å². The average molecular weight is 294 g/mol. The SMILES string of the molecule is C=CCOC(=O)OCCCCCCSSCCO. The summed E-state index contributed by atoms with van der Waals surface area (Å²) in [6, 6.07) is 0. The molecule has 0 aromatic carbocycles. The van der Waals surface area contributed by atoms with Crippen LogP contribution in [0.5, 0.6) is 0 Å². The first kappa shape index (κ1) is 17.7. The van der Waals surface area contributed by atoms with Crippen molar-refractivity contribution in [1.82, 2.24) is 0 Å². The van der Waals surface area contributed by atoms with Gasteiger partial charge in [-0.05, 0) is 12.8 Å². The molecule has 4 nitrogen and oxygen atoms in total. The van der Waals surface area contributed by atoms with Gasteiger partial charge >= 0.3 is 6.16 Å². The van der Waals surface area contributed by atoms with Crippen LogP contribution in [0.2, 0.25) is 0 Å². The van der Waals surface area contributed by atoms with E-state index in [1.54, 1.807) is 21.6 Å². The number of aliphatic hydroxyl groups excluding tert-OH is 1. The Morgan fingerprint density at radius 1 is 1.11 bits per heavy atom. The van der Waals surface area contributed by atoms with Crippen molar-refractivity contribution in [2.24, 2.45) is 0 Å². The van der Waals surface area contributed by atoms with E-state index in [9.17, 15) is 4.79 Å². The lowest BCUT2D eigenvalue weighted by Crippen LogP contribution is -2.08. The van der Waals surface area contributed by atoms with Gasteiger partial charge in [0.15, 0.2) is 0 Å². The summed E-state index contributed by atoms with van der Waals surface area (Å²) in [5.74, 6) is 1.90. The van der Waals surface area contributed by atoms with E-state index in [2.05, 4.69) is 11.3 Å². The van der Waals surface area contributed by atoms with E-state index >= 15 is 0 Å². The summed E-state index contributed by atoms with van der Waals surface area (Å²) in [7, 11) is 3.50. The second kappa shape index (κ2) is 14.7. The molecule has 0 aliphatic rings. The third-order valence-electron chi connectivity index (χ3n) is 1.92. The van der Waals surface area contributed by atoms with E-state index in [-0.39, 0.29) is 13.2 Å². The van der Waals surface area contributed by atoms with Crippen LogP contribution in [0.25, 0.3) is 0 Å². The molecule has 0 rings (SSSR count). The maximum Gasteiger partial charge on any atom is 0.508 e. The highest BCUT2D eigenvalue weighted by molar-refractivity contribution is 8.76. The number of unbranched alkanes of at least 4 members (excludes halogenated alkanes) is 3. The summed E-state index contributed by atoms with van der Waals surface area (Å²) in [6.07, 6.45) is 5.11. The number of ether oxygens (including phenoxy) is 2. The first-order chi connectivity index (χ1) is 8.81. The zero-order chi connectivity index (χ0) is 13.5. The third kappa shape index (κ3) is 13.7. The van der Waals surface area contributed by atoms with Crippen LogP contribution in [0.15, 0.2) is 12.7 Å². The highest BCUT2D eigenvalue weighted by Crippen LogP contribution is 2.22. The van der Waals surface area contributed by atoms with Crippen LogP contribution in [-0.4, -0.2) is 42.6 Å². The zero-order valence-corrected chi connectivity index (χ0v) is 12.3. The van der Waals surface area contributed by atoms with Gasteiger partial charge in [0.25, 0.3) is 0 Å². The van der Waals surface area contributed by atoms with Crippen LogP contribution >= 0.6 is 21.6 Å². The quantitative estimate of drug-likeness (QED) is 0.258. The van der Waals surface area contributed by atoms with Crippen LogP contribution in [-0.2, 0) is 9.47 Å². The predicted octanol–water partition coefficient (Wildman–Crippen LogP) is 3.26. The average Bonchev–Trinajstić information content (AvgIpc) is 2.38. The molecular weight excluding hydrogens is 272 g/mol. The fraction of sp³-hybridized carbons (Fsp3) is 0.750. The topological polar surface area (TPSA) is 55.8 Å². The summed E-state index contributed by atoms with van der Waals surface area (Å²) < 4.78 is 9.53. The molecule has 1 N–H and O–H groups in total. The molecule has 0 aromatic heterocycles. The van der Waals surface area contributed by atoms with Crippen LogP contribution in [0.4, 0.5) is 4.79 Å². The maximum absolute atomic E-state index is 10.9. The first-order valence-electron chi connectivity index (χ1n) is 6.07. The van der Waals surface area contributed by atoms with Crippen molar-refractivity contribution in [2.45, 2.75) is 25.7 Å². The molecule has 0 amide bonds. The molecular formula is C12H22O4S2. The minimum atomic E-state index is -0.620. The minimum absolute atomic E-state index is 0.196. The first-order valence-corrected chi connectivity index (χ1v) is 8.55. The van der Waals surface area contributed by atoms with Crippen LogP contribution in [0.3, 0.4) is 0 Å². The Hall–Kier alpha value is -0.330. The van der Waals surface area contributed by atoms with Crippen molar-refractivity contribution in [3.8, 4) is 0 Å². The molecule has 0 aliphatic heterocycles. The Bertz CT molecular complexity index is 212. The number of hydrogen-bond acceptors (Lipinski definition) is 6. The van der Waals surface area contributed by atoms with Gasteiger partial charge in [0.2, 0.25) is 0 Å². The molecule has 0 bridgehead atoms. The Kier molecular flexibility index (Phi) is 14.5. The van der Waals surface area contributed by atoms with Crippen molar-refractivity contribution in [2.75, 3.05) is 31.3 Å². The van der Waals surface area contributed by atoms with Crippen molar-refractivity contribution in [1.29, 1.82) is 0 Å². The molecule has 0 saturated heterocycles. The van der Waals surface area contributed by atoms with Gasteiger partial charge in [0.1, 0.15) is 6.61 Å². The lowest BCUT2D eigenvalue weighted by atomic mass is 10.2. The molecule has 0 radical (unpaired) electrons.